The Kier molecular flexibility index (Phi) is 7.39. The number of rotatable bonds is 9. The highest BCUT2D eigenvalue weighted by Crippen LogP contribution is 2.18. The fourth-order valence-electron chi connectivity index (χ4n) is 1.40. The third-order valence-electron chi connectivity index (χ3n) is 2.37. The predicted molar refractivity (Wildman–Crippen MR) is 73.9 cm³/mol. The Morgan fingerprint density at radius 2 is 2.05 bits per heavy atom. The Hall–Kier alpha value is -0.730. The second kappa shape index (κ2) is 8.53. The lowest BCUT2D eigenvalue weighted by atomic mass is 10.3. The van der Waals surface area contributed by atoms with Crippen LogP contribution in [-0.2, 0) is 19.5 Å². The van der Waals surface area contributed by atoms with Crippen molar-refractivity contribution >= 4 is 21.6 Å². The summed E-state index contributed by atoms with van der Waals surface area (Å²) >= 11 is 5.57. The molecule has 114 valence electrons. The zero-order valence-electron chi connectivity index (χ0n) is 11.1. The van der Waals surface area contributed by atoms with E-state index in [2.05, 4.69) is 4.72 Å². The molecule has 1 aromatic carbocycles. The number of nitrogens with one attached hydrogen (secondary N) is 1. The van der Waals surface area contributed by atoms with Gasteiger partial charge in [0.05, 0.1) is 13.2 Å². The highest BCUT2D eigenvalue weighted by atomic mass is 35.5. The van der Waals surface area contributed by atoms with Gasteiger partial charge < -0.3 is 9.47 Å². The molecular weight excluding hydrogens is 309 g/mol. The van der Waals surface area contributed by atoms with E-state index >= 15 is 0 Å². The van der Waals surface area contributed by atoms with Crippen molar-refractivity contribution in [3.8, 4) is 0 Å². The molecule has 0 aliphatic rings. The van der Waals surface area contributed by atoms with E-state index in [1.807, 2.05) is 0 Å². The number of benzene rings is 1. The van der Waals surface area contributed by atoms with Crippen LogP contribution in [0.1, 0.15) is 6.42 Å². The standard InChI is InChI=1S/C12H17ClFNO4S/c1-18-7-8-19-6-2-5-15-20(16,17)12-4-3-10(13)9-11(12)14/h3-4,9,15H,2,5-8H2,1H3. The van der Waals surface area contributed by atoms with Gasteiger partial charge in [0, 0.05) is 25.3 Å². The van der Waals surface area contributed by atoms with Gasteiger partial charge in [0.25, 0.3) is 0 Å². The first-order chi connectivity index (χ1) is 9.47. The molecule has 0 heterocycles. The summed E-state index contributed by atoms with van der Waals surface area (Å²) < 4.78 is 49.5. The first kappa shape index (κ1) is 17.3. The van der Waals surface area contributed by atoms with E-state index < -0.39 is 20.7 Å². The normalized spacial score (nSPS) is 11.8. The molecule has 1 aromatic rings. The Labute approximate surface area is 123 Å². The minimum atomic E-state index is -3.87. The molecule has 5 nitrogen and oxygen atoms in total. The van der Waals surface area contributed by atoms with Crippen molar-refractivity contribution in [2.45, 2.75) is 11.3 Å². The van der Waals surface area contributed by atoms with Crippen molar-refractivity contribution in [3.05, 3.63) is 29.0 Å². The molecule has 0 spiro atoms. The summed E-state index contributed by atoms with van der Waals surface area (Å²) in [6.45, 7) is 1.50. The van der Waals surface area contributed by atoms with Crippen LogP contribution in [0.3, 0.4) is 0 Å². The molecule has 0 radical (unpaired) electrons. The monoisotopic (exact) mass is 325 g/mol. The quantitative estimate of drug-likeness (QED) is 0.703. The van der Waals surface area contributed by atoms with Gasteiger partial charge in [-0.2, -0.15) is 0 Å². The van der Waals surface area contributed by atoms with Crippen molar-refractivity contribution < 1.29 is 22.3 Å². The predicted octanol–water partition coefficient (Wildman–Crippen LogP) is 1.81. The zero-order valence-corrected chi connectivity index (χ0v) is 12.6. The van der Waals surface area contributed by atoms with Crippen LogP contribution in [0.2, 0.25) is 5.02 Å². The van der Waals surface area contributed by atoms with Crippen LogP contribution in [-0.4, -0.2) is 41.9 Å². The molecule has 1 N–H and O–H groups in total. The molecule has 0 saturated heterocycles. The van der Waals surface area contributed by atoms with Gasteiger partial charge in [-0.05, 0) is 24.6 Å². The average molecular weight is 326 g/mol. The Morgan fingerprint density at radius 1 is 1.30 bits per heavy atom. The van der Waals surface area contributed by atoms with E-state index in [0.717, 1.165) is 12.1 Å². The summed E-state index contributed by atoms with van der Waals surface area (Å²) in [4.78, 5) is -0.415. The van der Waals surface area contributed by atoms with E-state index in [-0.39, 0.29) is 11.6 Å². The maximum Gasteiger partial charge on any atom is 0.243 e. The number of methoxy groups -OCH3 is 1. The van der Waals surface area contributed by atoms with Crippen LogP contribution >= 0.6 is 11.6 Å². The van der Waals surface area contributed by atoms with Gasteiger partial charge in [-0.3, -0.25) is 0 Å². The molecule has 0 unspecified atom stereocenters. The number of ether oxygens (including phenoxy) is 2. The molecule has 0 aliphatic heterocycles. The van der Waals surface area contributed by atoms with Crippen LogP contribution in [0.15, 0.2) is 23.1 Å². The summed E-state index contributed by atoms with van der Waals surface area (Å²) in [6.07, 6.45) is 0.484. The maximum atomic E-state index is 13.5. The number of sulfonamides is 1. The summed E-state index contributed by atoms with van der Waals surface area (Å²) in [6, 6.07) is 3.42. The third kappa shape index (κ3) is 5.72. The van der Waals surface area contributed by atoms with E-state index in [0.29, 0.717) is 26.2 Å². The fraction of sp³-hybridized carbons (Fsp3) is 0.500. The van der Waals surface area contributed by atoms with Crippen molar-refractivity contribution in [3.63, 3.8) is 0 Å². The van der Waals surface area contributed by atoms with Gasteiger partial charge in [0.2, 0.25) is 10.0 Å². The molecular formula is C12H17ClFNO4S. The highest BCUT2D eigenvalue weighted by molar-refractivity contribution is 7.89. The summed E-state index contributed by atoms with van der Waals surface area (Å²) in [5, 5.41) is 0.146. The second-order valence-electron chi connectivity index (χ2n) is 3.93. The number of hydrogen-bond acceptors (Lipinski definition) is 4. The average Bonchev–Trinajstić information content (AvgIpc) is 2.37. The number of hydrogen-bond donors (Lipinski definition) is 1. The molecule has 0 aliphatic carbocycles. The SMILES string of the molecule is COCCOCCCNS(=O)(=O)c1ccc(Cl)cc1F. The zero-order chi connectivity index (χ0) is 15.0. The van der Waals surface area contributed by atoms with Crippen molar-refractivity contribution in [1.29, 1.82) is 0 Å². The van der Waals surface area contributed by atoms with Gasteiger partial charge in [-0.15, -0.1) is 0 Å². The lowest BCUT2D eigenvalue weighted by Gasteiger charge is -2.08. The van der Waals surface area contributed by atoms with Gasteiger partial charge in [-0.1, -0.05) is 11.6 Å². The molecule has 20 heavy (non-hydrogen) atoms. The van der Waals surface area contributed by atoms with Crippen LogP contribution < -0.4 is 4.72 Å². The lowest BCUT2D eigenvalue weighted by molar-refractivity contribution is 0.0699. The Bertz CT molecular complexity index is 524. The topological polar surface area (TPSA) is 64.6 Å². The van der Waals surface area contributed by atoms with Crippen LogP contribution in [0.4, 0.5) is 4.39 Å². The van der Waals surface area contributed by atoms with Crippen molar-refractivity contribution in [1.82, 2.24) is 4.72 Å². The molecule has 0 atom stereocenters. The van der Waals surface area contributed by atoms with Gasteiger partial charge >= 0.3 is 0 Å². The molecule has 0 bridgehead atoms. The molecule has 1 rings (SSSR count). The lowest BCUT2D eigenvalue weighted by Crippen LogP contribution is -2.26. The van der Waals surface area contributed by atoms with E-state index in [4.69, 9.17) is 21.1 Å². The van der Waals surface area contributed by atoms with Crippen LogP contribution in [0.25, 0.3) is 0 Å². The smallest absolute Gasteiger partial charge is 0.243 e. The van der Waals surface area contributed by atoms with Crippen LogP contribution in [0.5, 0.6) is 0 Å². The largest absolute Gasteiger partial charge is 0.382 e. The highest BCUT2D eigenvalue weighted by Gasteiger charge is 2.18. The van der Waals surface area contributed by atoms with Crippen molar-refractivity contribution in [2.24, 2.45) is 0 Å². The summed E-state index contributed by atoms with van der Waals surface area (Å²) in [5.74, 6) is -0.874. The third-order valence-corrected chi connectivity index (χ3v) is 4.10. The molecule has 0 aromatic heterocycles. The summed E-state index contributed by atoms with van der Waals surface area (Å²) in [5.41, 5.74) is 0. The first-order valence-electron chi connectivity index (χ1n) is 5.99. The first-order valence-corrected chi connectivity index (χ1v) is 7.85. The maximum absolute atomic E-state index is 13.5. The Morgan fingerprint density at radius 3 is 2.70 bits per heavy atom. The number of halogens is 2. The Balaban J connectivity index is 2.42. The second-order valence-corrected chi connectivity index (χ2v) is 6.10. The van der Waals surface area contributed by atoms with Crippen molar-refractivity contribution in [2.75, 3.05) is 33.5 Å². The van der Waals surface area contributed by atoms with E-state index in [1.165, 1.54) is 6.07 Å². The van der Waals surface area contributed by atoms with Gasteiger partial charge in [0.15, 0.2) is 0 Å². The minimum Gasteiger partial charge on any atom is -0.382 e. The van der Waals surface area contributed by atoms with E-state index in [9.17, 15) is 12.8 Å². The molecule has 8 heteroatoms. The van der Waals surface area contributed by atoms with E-state index in [1.54, 1.807) is 7.11 Å². The van der Waals surface area contributed by atoms with Gasteiger partial charge in [-0.25, -0.2) is 17.5 Å². The molecule has 0 amide bonds. The van der Waals surface area contributed by atoms with Gasteiger partial charge in [0.1, 0.15) is 10.7 Å². The minimum absolute atomic E-state index is 0.146. The molecule has 0 saturated carbocycles. The fourth-order valence-corrected chi connectivity index (χ4v) is 2.69. The molecule has 0 fully saturated rings. The van der Waals surface area contributed by atoms with Crippen LogP contribution in [0, 0.1) is 5.82 Å². The summed E-state index contributed by atoms with van der Waals surface area (Å²) in [7, 11) is -2.30.